The minimum atomic E-state index is -0.633. The molecule has 0 spiro atoms. The molecular weight excluding hydrogens is 312 g/mol. The first-order chi connectivity index (χ1) is 9.04. The summed E-state index contributed by atoms with van der Waals surface area (Å²) in [7, 11) is 0. The predicted molar refractivity (Wildman–Crippen MR) is 74.1 cm³/mol. The predicted octanol–water partition coefficient (Wildman–Crippen LogP) is 3.15. The zero-order valence-electron chi connectivity index (χ0n) is 10.5. The summed E-state index contributed by atoms with van der Waals surface area (Å²) in [6, 6.07) is 8.95. The van der Waals surface area contributed by atoms with E-state index in [-0.39, 0.29) is 5.91 Å². The van der Waals surface area contributed by atoms with Crippen LogP contribution in [0.2, 0.25) is 0 Å². The molecule has 0 fully saturated rings. The van der Waals surface area contributed by atoms with Crippen LogP contribution in [0.5, 0.6) is 5.75 Å². The van der Waals surface area contributed by atoms with Gasteiger partial charge >= 0.3 is 0 Å². The molecule has 1 amide bonds. The summed E-state index contributed by atoms with van der Waals surface area (Å²) in [6.45, 7) is 3.42. The Morgan fingerprint density at radius 2 is 2.26 bits per heavy atom. The number of halogens is 1. The maximum Gasteiger partial charge on any atom is 0.266 e. The fourth-order valence-electron chi connectivity index (χ4n) is 1.45. The number of ether oxygens (including phenoxy) is 1. The van der Waals surface area contributed by atoms with Crippen molar-refractivity contribution in [2.24, 2.45) is 0 Å². The average Bonchev–Trinajstić information content (AvgIpc) is 2.74. The van der Waals surface area contributed by atoms with Crippen LogP contribution >= 0.6 is 15.9 Å². The van der Waals surface area contributed by atoms with E-state index in [0.717, 1.165) is 4.47 Å². The Bertz CT molecular complexity index is 583. The molecule has 0 saturated carbocycles. The molecule has 1 aromatic heterocycles. The number of nitrogens with zero attached hydrogens (tertiary/aromatic N) is 1. The highest BCUT2D eigenvalue weighted by Crippen LogP contribution is 2.19. The fourth-order valence-corrected chi connectivity index (χ4v) is 1.83. The van der Waals surface area contributed by atoms with Crippen molar-refractivity contribution in [3.63, 3.8) is 0 Å². The van der Waals surface area contributed by atoms with Crippen LogP contribution in [0.25, 0.3) is 0 Å². The summed E-state index contributed by atoms with van der Waals surface area (Å²) in [5.41, 5.74) is 0. The Kier molecular flexibility index (Phi) is 4.21. The van der Waals surface area contributed by atoms with Crippen molar-refractivity contribution in [2.75, 3.05) is 5.32 Å². The van der Waals surface area contributed by atoms with Crippen LogP contribution in [-0.2, 0) is 4.79 Å². The summed E-state index contributed by atoms with van der Waals surface area (Å²) < 4.78 is 11.3. The number of hydrogen-bond acceptors (Lipinski definition) is 4. The number of hydrogen-bond donors (Lipinski definition) is 1. The quantitative estimate of drug-likeness (QED) is 0.938. The number of aryl methyl sites for hydroxylation is 1. The lowest BCUT2D eigenvalue weighted by atomic mass is 10.3. The van der Waals surface area contributed by atoms with Gasteiger partial charge < -0.3 is 14.6 Å². The zero-order valence-corrected chi connectivity index (χ0v) is 12.1. The number of benzene rings is 1. The van der Waals surface area contributed by atoms with Crippen LogP contribution in [-0.4, -0.2) is 17.2 Å². The highest BCUT2D eigenvalue weighted by molar-refractivity contribution is 9.10. The topological polar surface area (TPSA) is 64.4 Å². The van der Waals surface area contributed by atoms with Gasteiger partial charge in [0.1, 0.15) is 11.5 Å². The standard InChI is InChI=1S/C13H13BrN2O3/c1-8-6-12(16-19-8)15-13(17)9(2)18-11-5-3-4-10(14)7-11/h3-7,9H,1-2H3,(H,15,16,17)/t9-/m1/s1. The second-order valence-electron chi connectivity index (χ2n) is 4.03. The van der Waals surface area contributed by atoms with E-state index in [1.807, 2.05) is 12.1 Å². The van der Waals surface area contributed by atoms with E-state index < -0.39 is 6.10 Å². The van der Waals surface area contributed by atoms with E-state index in [1.54, 1.807) is 32.0 Å². The molecule has 6 heteroatoms. The number of rotatable bonds is 4. The van der Waals surface area contributed by atoms with Crippen molar-refractivity contribution in [2.45, 2.75) is 20.0 Å². The summed E-state index contributed by atoms with van der Waals surface area (Å²) >= 11 is 3.34. The third kappa shape index (κ3) is 3.82. The lowest BCUT2D eigenvalue weighted by Gasteiger charge is -2.13. The molecule has 1 N–H and O–H groups in total. The summed E-state index contributed by atoms with van der Waals surface area (Å²) in [5, 5.41) is 6.31. The first-order valence-corrected chi connectivity index (χ1v) is 6.50. The van der Waals surface area contributed by atoms with E-state index >= 15 is 0 Å². The molecular formula is C13H13BrN2O3. The summed E-state index contributed by atoms with van der Waals surface area (Å²) in [6.07, 6.45) is -0.633. The molecule has 19 heavy (non-hydrogen) atoms. The molecule has 5 nitrogen and oxygen atoms in total. The molecule has 0 bridgehead atoms. The Morgan fingerprint density at radius 1 is 1.47 bits per heavy atom. The van der Waals surface area contributed by atoms with Gasteiger partial charge in [0.25, 0.3) is 5.91 Å². The van der Waals surface area contributed by atoms with Crippen LogP contribution in [0.4, 0.5) is 5.82 Å². The molecule has 0 radical (unpaired) electrons. The van der Waals surface area contributed by atoms with Gasteiger partial charge in [0.15, 0.2) is 11.9 Å². The average molecular weight is 325 g/mol. The van der Waals surface area contributed by atoms with Gasteiger partial charge in [-0.15, -0.1) is 0 Å². The highest BCUT2D eigenvalue weighted by Gasteiger charge is 2.16. The normalized spacial score (nSPS) is 11.9. The van der Waals surface area contributed by atoms with Gasteiger partial charge in [-0.25, -0.2) is 0 Å². The number of carbonyl (C=O) groups excluding carboxylic acids is 1. The molecule has 1 atom stereocenters. The van der Waals surface area contributed by atoms with Crippen molar-refractivity contribution >= 4 is 27.7 Å². The Balaban J connectivity index is 1.96. The van der Waals surface area contributed by atoms with Gasteiger partial charge in [-0.3, -0.25) is 4.79 Å². The minimum Gasteiger partial charge on any atom is -0.481 e. The summed E-state index contributed by atoms with van der Waals surface area (Å²) in [5.74, 6) is 1.35. The second kappa shape index (κ2) is 5.88. The highest BCUT2D eigenvalue weighted by atomic mass is 79.9. The van der Waals surface area contributed by atoms with Crippen molar-refractivity contribution in [3.05, 3.63) is 40.6 Å². The van der Waals surface area contributed by atoms with Crippen LogP contribution in [0.15, 0.2) is 39.3 Å². The number of anilines is 1. The number of aromatic nitrogens is 1. The van der Waals surface area contributed by atoms with E-state index in [4.69, 9.17) is 9.26 Å². The van der Waals surface area contributed by atoms with E-state index in [2.05, 4.69) is 26.4 Å². The molecule has 2 aromatic rings. The molecule has 0 saturated heterocycles. The zero-order chi connectivity index (χ0) is 13.8. The fraction of sp³-hybridized carbons (Fsp3) is 0.231. The van der Waals surface area contributed by atoms with Crippen LogP contribution in [0.3, 0.4) is 0 Å². The van der Waals surface area contributed by atoms with E-state index in [0.29, 0.717) is 17.3 Å². The maximum absolute atomic E-state index is 11.9. The molecule has 100 valence electrons. The van der Waals surface area contributed by atoms with Gasteiger partial charge in [-0.1, -0.05) is 27.2 Å². The van der Waals surface area contributed by atoms with Gasteiger partial charge in [-0.2, -0.15) is 0 Å². The van der Waals surface area contributed by atoms with Crippen LogP contribution < -0.4 is 10.1 Å². The Labute approximate surface area is 119 Å². The number of nitrogens with one attached hydrogen (secondary N) is 1. The first-order valence-electron chi connectivity index (χ1n) is 5.71. The smallest absolute Gasteiger partial charge is 0.266 e. The minimum absolute atomic E-state index is 0.284. The van der Waals surface area contributed by atoms with Crippen LogP contribution in [0, 0.1) is 6.92 Å². The Hall–Kier alpha value is -1.82. The third-order valence-electron chi connectivity index (χ3n) is 2.36. The molecule has 0 aliphatic heterocycles. The lowest BCUT2D eigenvalue weighted by molar-refractivity contribution is -0.122. The maximum atomic E-state index is 11.9. The van der Waals surface area contributed by atoms with Crippen molar-refractivity contribution < 1.29 is 14.1 Å². The van der Waals surface area contributed by atoms with Crippen LogP contribution in [0.1, 0.15) is 12.7 Å². The van der Waals surface area contributed by atoms with Gasteiger partial charge in [0, 0.05) is 10.5 Å². The third-order valence-corrected chi connectivity index (χ3v) is 2.85. The largest absolute Gasteiger partial charge is 0.481 e. The number of carbonyl (C=O) groups is 1. The Morgan fingerprint density at radius 3 is 2.89 bits per heavy atom. The summed E-state index contributed by atoms with van der Waals surface area (Å²) in [4.78, 5) is 11.9. The molecule has 0 aliphatic rings. The van der Waals surface area contributed by atoms with Gasteiger partial charge in [0.2, 0.25) is 0 Å². The molecule has 0 unspecified atom stereocenters. The van der Waals surface area contributed by atoms with Crippen molar-refractivity contribution in [3.8, 4) is 5.75 Å². The molecule has 0 aliphatic carbocycles. The lowest BCUT2D eigenvalue weighted by Crippen LogP contribution is -2.30. The number of amides is 1. The van der Waals surface area contributed by atoms with E-state index in [9.17, 15) is 4.79 Å². The van der Waals surface area contributed by atoms with Gasteiger partial charge in [-0.05, 0) is 32.0 Å². The second-order valence-corrected chi connectivity index (χ2v) is 4.95. The molecule has 1 heterocycles. The van der Waals surface area contributed by atoms with Gasteiger partial charge in [0.05, 0.1) is 0 Å². The first kappa shape index (κ1) is 13.6. The van der Waals surface area contributed by atoms with E-state index in [1.165, 1.54) is 0 Å². The SMILES string of the molecule is Cc1cc(NC(=O)[C@@H](C)Oc2cccc(Br)c2)no1. The van der Waals surface area contributed by atoms with Crippen molar-refractivity contribution in [1.29, 1.82) is 0 Å². The molecule has 1 aromatic carbocycles. The monoisotopic (exact) mass is 324 g/mol. The molecule has 2 rings (SSSR count). The van der Waals surface area contributed by atoms with Crippen molar-refractivity contribution in [1.82, 2.24) is 5.16 Å².